The molecule has 0 saturated carbocycles. The van der Waals surface area contributed by atoms with Crippen molar-refractivity contribution in [2.24, 2.45) is 0 Å². The molecule has 17 heavy (non-hydrogen) atoms. The van der Waals surface area contributed by atoms with Crippen LogP contribution in [0.1, 0.15) is 66.7 Å². The highest BCUT2D eigenvalue weighted by atomic mass is 16.1. The van der Waals surface area contributed by atoms with Gasteiger partial charge in [-0.1, -0.05) is 27.2 Å². The third-order valence-electron chi connectivity index (χ3n) is 2.93. The van der Waals surface area contributed by atoms with Gasteiger partial charge >= 0.3 is 0 Å². The summed E-state index contributed by atoms with van der Waals surface area (Å²) in [7, 11) is 0. The van der Waals surface area contributed by atoms with Gasteiger partial charge < -0.3 is 4.90 Å². The second kappa shape index (κ2) is 9.26. The van der Waals surface area contributed by atoms with Crippen molar-refractivity contribution < 1.29 is 4.79 Å². The van der Waals surface area contributed by atoms with Crippen LogP contribution in [0.5, 0.6) is 0 Å². The van der Waals surface area contributed by atoms with E-state index in [1.807, 2.05) is 6.92 Å². The van der Waals surface area contributed by atoms with Crippen molar-refractivity contribution in [3.05, 3.63) is 11.3 Å². The number of carbonyl (C=O) groups is 1. The third-order valence-corrected chi connectivity index (χ3v) is 2.93. The summed E-state index contributed by atoms with van der Waals surface area (Å²) in [6.45, 7) is 12.7. The molecule has 0 aromatic rings. The van der Waals surface area contributed by atoms with E-state index < -0.39 is 0 Å². The standard InChI is InChI=1S/C12H21NO.C3H8/c1-4-9-13(5-2)11-7-6-8-12(14)10(11)3;1-3-2/h4-9H2,1-3H3;3H2,1-2H3. The number of ketones is 1. The molecule has 0 radical (unpaired) electrons. The average Bonchev–Trinajstić information content (AvgIpc) is 2.31. The Balaban J connectivity index is 0.000000770. The zero-order chi connectivity index (χ0) is 13.3. The Morgan fingerprint density at radius 2 is 1.71 bits per heavy atom. The molecule has 1 aliphatic carbocycles. The maximum Gasteiger partial charge on any atom is 0.160 e. The van der Waals surface area contributed by atoms with Gasteiger partial charge in [0.2, 0.25) is 0 Å². The van der Waals surface area contributed by atoms with Crippen molar-refractivity contribution in [3.63, 3.8) is 0 Å². The lowest BCUT2D eigenvalue weighted by Crippen LogP contribution is -2.28. The van der Waals surface area contributed by atoms with Crippen LogP contribution in [0.15, 0.2) is 11.3 Å². The zero-order valence-electron chi connectivity index (χ0n) is 12.3. The fourth-order valence-corrected chi connectivity index (χ4v) is 2.10. The molecule has 0 aliphatic heterocycles. The zero-order valence-corrected chi connectivity index (χ0v) is 12.3. The van der Waals surface area contributed by atoms with Crippen LogP contribution in [0.3, 0.4) is 0 Å². The van der Waals surface area contributed by atoms with Gasteiger partial charge in [-0.25, -0.2) is 0 Å². The fraction of sp³-hybridized carbons (Fsp3) is 0.800. The second-order valence-electron chi connectivity index (χ2n) is 4.64. The summed E-state index contributed by atoms with van der Waals surface area (Å²) in [5.74, 6) is 0.348. The number of hydrogen-bond donors (Lipinski definition) is 0. The van der Waals surface area contributed by atoms with Gasteiger partial charge in [0.25, 0.3) is 0 Å². The van der Waals surface area contributed by atoms with Gasteiger partial charge in [-0.05, 0) is 33.1 Å². The second-order valence-corrected chi connectivity index (χ2v) is 4.64. The fourth-order valence-electron chi connectivity index (χ4n) is 2.10. The van der Waals surface area contributed by atoms with Crippen LogP contribution in [-0.2, 0) is 4.79 Å². The Morgan fingerprint density at radius 1 is 1.12 bits per heavy atom. The molecular weight excluding hydrogens is 210 g/mol. The highest BCUT2D eigenvalue weighted by Crippen LogP contribution is 2.24. The van der Waals surface area contributed by atoms with E-state index in [1.165, 1.54) is 12.1 Å². The number of hydrogen-bond acceptors (Lipinski definition) is 2. The molecule has 1 rings (SSSR count). The molecule has 0 saturated heterocycles. The smallest absolute Gasteiger partial charge is 0.160 e. The van der Waals surface area contributed by atoms with Crippen LogP contribution in [0.4, 0.5) is 0 Å². The summed E-state index contributed by atoms with van der Waals surface area (Å²) in [5.41, 5.74) is 2.30. The first-order chi connectivity index (χ1) is 8.12. The number of allylic oxidation sites excluding steroid dienone is 2. The Kier molecular flexibility index (Phi) is 8.83. The average molecular weight is 239 g/mol. The summed E-state index contributed by atoms with van der Waals surface area (Å²) in [5, 5.41) is 0. The number of Topliss-reactive ketones (excluding diaryl/α,β-unsaturated/α-hetero) is 1. The monoisotopic (exact) mass is 239 g/mol. The van der Waals surface area contributed by atoms with Crippen LogP contribution >= 0.6 is 0 Å². The van der Waals surface area contributed by atoms with Crippen molar-refractivity contribution in [3.8, 4) is 0 Å². The maximum atomic E-state index is 11.5. The molecule has 0 fully saturated rings. The van der Waals surface area contributed by atoms with Gasteiger partial charge in [-0.3, -0.25) is 4.79 Å². The van der Waals surface area contributed by atoms with Gasteiger partial charge in [0.1, 0.15) is 0 Å². The van der Waals surface area contributed by atoms with E-state index in [-0.39, 0.29) is 0 Å². The quantitative estimate of drug-likeness (QED) is 0.734. The van der Waals surface area contributed by atoms with Crippen LogP contribution in [0.25, 0.3) is 0 Å². The van der Waals surface area contributed by atoms with E-state index in [9.17, 15) is 4.79 Å². The Hall–Kier alpha value is -0.790. The number of nitrogens with zero attached hydrogens (tertiary/aromatic N) is 1. The minimum Gasteiger partial charge on any atom is -0.375 e. The molecule has 1 aliphatic rings. The first-order valence-corrected chi connectivity index (χ1v) is 7.10. The van der Waals surface area contributed by atoms with Crippen LogP contribution < -0.4 is 0 Å². The predicted octanol–water partition coefficient (Wildman–Crippen LogP) is 4.16. The van der Waals surface area contributed by atoms with Crippen LogP contribution in [0, 0.1) is 0 Å². The van der Waals surface area contributed by atoms with Crippen molar-refractivity contribution >= 4 is 5.78 Å². The van der Waals surface area contributed by atoms with Crippen molar-refractivity contribution in [1.82, 2.24) is 4.90 Å². The van der Waals surface area contributed by atoms with Crippen LogP contribution in [-0.4, -0.2) is 23.8 Å². The predicted molar refractivity (Wildman–Crippen MR) is 75.1 cm³/mol. The number of rotatable bonds is 4. The van der Waals surface area contributed by atoms with Crippen molar-refractivity contribution in [2.75, 3.05) is 13.1 Å². The highest BCUT2D eigenvalue weighted by molar-refractivity contribution is 5.96. The lowest BCUT2D eigenvalue weighted by molar-refractivity contribution is -0.116. The highest BCUT2D eigenvalue weighted by Gasteiger charge is 2.19. The number of carbonyl (C=O) groups excluding carboxylic acids is 1. The molecule has 0 bridgehead atoms. The van der Waals surface area contributed by atoms with E-state index in [4.69, 9.17) is 0 Å². The molecule has 0 unspecified atom stereocenters. The van der Waals surface area contributed by atoms with E-state index in [0.29, 0.717) is 5.78 Å². The first kappa shape index (κ1) is 16.2. The van der Waals surface area contributed by atoms with Gasteiger partial charge in [-0.15, -0.1) is 0 Å². The maximum absolute atomic E-state index is 11.5. The Bertz CT molecular complexity index is 256. The first-order valence-electron chi connectivity index (χ1n) is 7.10. The van der Waals surface area contributed by atoms with Gasteiger partial charge in [0, 0.05) is 30.8 Å². The molecule has 2 heteroatoms. The van der Waals surface area contributed by atoms with Gasteiger partial charge in [0.15, 0.2) is 5.78 Å². The Morgan fingerprint density at radius 3 is 2.18 bits per heavy atom. The summed E-state index contributed by atoms with van der Waals surface area (Å²) in [4.78, 5) is 13.9. The normalized spacial score (nSPS) is 15.5. The molecule has 0 aromatic heterocycles. The molecule has 0 N–H and O–H groups in total. The summed E-state index contributed by atoms with van der Waals surface area (Å²) >= 11 is 0. The summed E-state index contributed by atoms with van der Waals surface area (Å²) < 4.78 is 0. The topological polar surface area (TPSA) is 20.3 Å². The molecule has 0 aromatic carbocycles. The van der Waals surface area contributed by atoms with Crippen molar-refractivity contribution in [1.29, 1.82) is 0 Å². The largest absolute Gasteiger partial charge is 0.375 e. The third kappa shape index (κ3) is 5.38. The summed E-state index contributed by atoms with van der Waals surface area (Å²) in [6, 6.07) is 0. The minimum atomic E-state index is 0.348. The minimum absolute atomic E-state index is 0.348. The van der Waals surface area contributed by atoms with Gasteiger partial charge in [0.05, 0.1) is 0 Å². The van der Waals surface area contributed by atoms with Crippen molar-refractivity contribution in [2.45, 2.75) is 66.7 Å². The molecule has 2 nitrogen and oxygen atoms in total. The van der Waals surface area contributed by atoms with E-state index in [0.717, 1.165) is 44.3 Å². The molecule has 0 atom stereocenters. The van der Waals surface area contributed by atoms with E-state index in [2.05, 4.69) is 32.6 Å². The Labute approximate surface area is 107 Å². The molecular formula is C15H29NO. The van der Waals surface area contributed by atoms with Crippen LogP contribution in [0.2, 0.25) is 0 Å². The van der Waals surface area contributed by atoms with E-state index in [1.54, 1.807) is 0 Å². The lowest BCUT2D eigenvalue weighted by atomic mass is 9.95. The summed E-state index contributed by atoms with van der Waals surface area (Å²) in [6.07, 6.45) is 5.27. The molecule has 0 spiro atoms. The molecule has 0 heterocycles. The molecule has 100 valence electrons. The van der Waals surface area contributed by atoms with Gasteiger partial charge in [-0.2, -0.15) is 0 Å². The SMILES string of the molecule is CCC.CCCN(CC)C1=C(C)C(=O)CCC1. The van der Waals surface area contributed by atoms with E-state index >= 15 is 0 Å². The lowest BCUT2D eigenvalue weighted by Gasteiger charge is -2.29. The molecule has 0 amide bonds.